The summed E-state index contributed by atoms with van der Waals surface area (Å²) in [6, 6.07) is 9.58. The largest absolute Gasteiger partial charge is 0.252 e. The smallest absolute Gasteiger partial charge is 0.0897 e. The van der Waals surface area contributed by atoms with Crippen LogP contribution in [0.4, 0.5) is 0 Å². The molecule has 3 aromatic rings. The Morgan fingerprint density at radius 3 is 2.25 bits per heavy atom. The summed E-state index contributed by atoms with van der Waals surface area (Å²) >= 11 is 12.0. The van der Waals surface area contributed by atoms with Crippen molar-refractivity contribution in [1.82, 2.24) is 9.97 Å². The van der Waals surface area contributed by atoms with Crippen LogP contribution >= 0.6 is 23.2 Å². The van der Waals surface area contributed by atoms with Gasteiger partial charge in [-0.3, -0.25) is 4.98 Å². The predicted molar refractivity (Wildman–Crippen MR) is 84.5 cm³/mol. The van der Waals surface area contributed by atoms with Gasteiger partial charge in [0.15, 0.2) is 0 Å². The van der Waals surface area contributed by atoms with Crippen molar-refractivity contribution in [3.8, 4) is 11.3 Å². The van der Waals surface area contributed by atoms with E-state index in [2.05, 4.69) is 35.9 Å². The van der Waals surface area contributed by atoms with Gasteiger partial charge in [-0.05, 0) is 49.2 Å². The van der Waals surface area contributed by atoms with Crippen molar-refractivity contribution in [2.24, 2.45) is 0 Å². The van der Waals surface area contributed by atoms with Gasteiger partial charge in [0.1, 0.15) is 0 Å². The van der Waals surface area contributed by atoms with E-state index in [0.717, 1.165) is 22.3 Å². The van der Waals surface area contributed by atoms with Crippen LogP contribution in [-0.2, 0) is 0 Å². The Kier molecular flexibility index (Phi) is 3.36. The van der Waals surface area contributed by atoms with E-state index in [9.17, 15) is 0 Å². The number of hydrogen-bond acceptors (Lipinski definition) is 2. The standard InChI is InChI=1S/C16H12Cl2N2/c1-9-5-14-15(6-10(9)2)20-16(8-19-14)11-3-4-12(17)13(18)7-11/h3-8H,1-2H3. The monoisotopic (exact) mass is 302 g/mol. The molecule has 2 aromatic carbocycles. The Bertz CT molecular complexity index is 813. The normalized spacial score (nSPS) is 11.0. The molecule has 0 atom stereocenters. The van der Waals surface area contributed by atoms with E-state index >= 15 is 0 Å². The summed E-state index contributed by atoms with van der Waals surface area (Å²) in [7, 11) is 0. The van der Waals surface area contributed by atoms with Crippen LogP contribution in [0.5, 0.6) is 0 Å². The summed E-state index contributed by atoms with van der Waals surface area (Å²) < 4.78 is 0. The van der Waals surface area contributed by atoms with Crippen LogP contribution in [0.2, 0.25) is 10.0 Å². The number of rotatable bonds is 1. The first-order chi connectivity index (χ1) is 9.54. The molecule has 0 amide bonds. The molecule has 0 aliphatic rings. The fraction of sp³-hybridized carbons (Fsp3) is 0.125. The minimum absolute atomic E-state index is 0.520. The number of aromatic nitrogens is 2. The fourth-order valence-electron chi connectivity index (χ4n) is 2.06. The van der Waals surface area contributed by atoms with E-state index in [1.807, 2.05) is 6.07 Å². The number of hydrogen-bond donors (Lipinski definition) is 0. The molecule has 0 bridgehead atoms. The third-order valence-electron chi connectivity index (χ3n) is 3.37. The Morgan fingerprint density at radius 1 is 0.850 bits per heavy atom. The Balaban J connectivity index is 2.17. The number of aryl methyl sites for hydroxylation is 2. The maximum absolute atomic E-state index is 6.05. The molecule has 1 aromatic heterocycles. The van der Waals surface area contributed by atoms with Crippen LogP contribution in [0.3, 0.4) is 0 Å². The van der Waals surface area contributed by atoms with Gasteiger partial charge in [-0.15, -0.1) is 0 Å². The summed E-state index contributed by atoms with van der Waals surface area (Å²) in [5, 5.41) is 1.06. The fourth-order valence-corrected chi connectivity index (χ4v) is 2.36. The number of nitrogens with zero attached hydrogens (tertiary/aromatic N) is 2. The molecule has 0 saturated heterocycles. The quantitative estimate of drug-likeness (QED) is 0.616. The molecule has 20 heavy (non-hydrogen) atoms. The highest BCUT2D eigenvalue weighted by Gasteiger charge is 2.06. The summed E-state index contributed by atoms with van der Waals surface area (Å²) in [4.78, 5) is 9.13. The number of fused-ring (bicyclic) bond motifs is 1. The van der Waals surface area contributed by atoms with Gasteiger partial charge < -0.3 is 0 Å². The number of halogens is 2. The minimum Gasteiger partial charge on any atom is -0.252 e. The topological polar surface area (TPSA) is 25.8 Å². The average molecular weight is 303 g/mol. The zero-order chi connectivity index (χ0) is 14.3. The van der Waals surface area contributed by atoms with E-state index in [0.29, 0.717) is 10.0 Å². The second-order valence-corrected chi connectivity index (χ2v) is 5.62. The highest BCUT2D eigenvalue weighted by atomic mass is 35.5. The van der Waals surface area contributed by atoms with Crippen molar-refractivity contribution in [3.05, 3.63) is 57.7 Å². The predicted octanol–water partition coefficient (Wildman–Crippen LogP) is 5.22. The first-order valence-corrected chi connectivity index (χ1v) is 6.99. The Hall–Kier alpha value is -1.64. The molecular weight excluding hydrogens is 291 g/mol. The maximum Gasteiger partial charge on any atom is 0.0897 e. The van der Waals surface area contributed by atoms with E-state index in [1.54, 1.807) is 18.3 Å². The van der Waals surface area contributed by atoms with E-state index < -0.39 is 0 Å². The summed E-state index contributed by atoms with van der Waals surface area (Å²) in [5.74, 6) is 0. The molecule has 0 spiro atoms. The zero-order valence-corrected chi connectivity index (χ0v) is 12.6. The average Bonchev–Trinajstić information content (AvgIpc) is 2.43. The first kappa shape index (κ1) is 13.3. The summed E-state index contributed by atoms with van der Waals surface area (Å²) in [6.07, 6.45) is 1.76. The maximum atomic E-state index is 6.05. The third kappa shape index (κ3) is 2.37. The molecule has 0 saturated carbocycles. The van der Waals surface area contributed by atoms with Crippen LogP contribution in [0.15, 0.2) is 36.5 Å². The lowest BCUT2D eigenvalue weighted by Gasteiger charge is -2.06. The SMILES string of the molecule is Cc1cc2ncc(-c3ccc(Cl)c(Cl)c3)nc2cc1C. The van der Waals surface area contributed by atoms with Gasteiger partial charge in [-0.1, -0.05) is 29.3 Å². The molecule has 0 N–H and O–H groups in total. The second kappa shape index (κ2) is 5.04. The molecule has 1 heterocycles. The minimum atomic E-state index is 0.520. The van der Waals surface area contributed by atoms with E-state index in [-0.39, 0.29) is 0 Å². The van der Waals surface area contributed by atoms with E-state index in [1.165, 1.54) is 11.1 Å². The molecule has 0 unspecified atom stereocenters. The molecule has 3 rings (SSSR count). The Labute approximate surface area is 127 Å². The van der Waals surface area contributed by atoms with Crippen molar-refractivity contribution in [3.63, 3.8) is 0 Å². The highest BCUT2D eigenvalue weighted by molar-refractivity contribution is 6.42. The van der Waals surface area contributed by atoms with Gasteiger partial charge in [-0.2, -0.15) is 0 Å². The van der Waals surface area contributed by atoms with Crippen LogP contribution in [0.25, 0.3) is 22.3 Å². The van der Waals surface area contributed by atoms with Crippen molar-refractivity contribution < 1.29 is 0 Å². The van der Waals surface area contributed by atoms with Crippen molar-refractivity contribution in [2.75, 3.05) is 0 Å². The molecule has 4 heteroatoms. The molecule has 0 aliphatic heterocycles. The van der Waals surface area contributed by atoms with Crippen LogP contribution in [0.1, 0.15) is 11.1 Å². The van der Waals surface area contributed by atoms with Crippen LogP contribution < -0.4 is 0 Å². The highest BCUT2D eigenvalue weighted by Crippen LogP contribution is 2.28. The second-order valence-electron chi connectivity index (χ2n) is 4.81. The van der Waals surface area contributed by atoms with Gasteiger partial charge in [0, 0.05) is 5.56 Å². The Morgan fingerprint density at radius 2 is 1.55 bits per heavy atom. The summed E-state index contributed by atoms with van der Waals surface area (Å²) in [6.45, 7) is 4.14. The first-order valence-electron chi connectivity index (χ1n) is 6.24. The third-order valence-corrected chi connectivity index (χ3v) is 4.11. The molecule has 0 fully saturated rings. The number of benzene rings is 2. The van der Waals surface area contributed by atoms with Gasteiger partial charge >= 0.3 is 0 Å². The van der Waals surface area contributed by atoms with Crippen molar-refractivity contribution >= 4 is 34.2 Å². The van der Waals surface area contributed by atoms with Gasteiger partial charge in [0.2, 0.25) is 0 Å². The van der Waals surface area contributed by atoms with Crippen LogP contribution in [0, 0.1) is 13.8 Å². The van der Waals surface area contributed by atoms with Crippen molar-refractivity contribution in [2.45, 2.75) is 13.8 Å². The summed E-state index contributed by atoms with van der Waals surface area (Å²) in [5.41, 5.74) is 5.91. The van der Waals surface area contributed by atoms with Gasteiger partial charge in [-0.25, -0.2) is 4.98 Å². The zero-order valence-electron chi connectivity index (χ0n) is 11.1. The lowest BCUT2D eigenvalue weighted by molar-refractivity contribution is 1.26. The lowest BCUT2D eigenvalue weighted by atomic mass is 10.1. The van der Waals surface area contributed by atoms with E-state index in [4.69, 9.17) is 23.2 Å². The molecule has 2 nitrogen and oxygen atoms in total. The lowest BCUT2D eigenvalue weighted by Crippen LogP contribution is -1.91. The van der Waals surface area contributed by atoms with Gasteiger partial charge in [0.25, 0.3) is 0 Å². The molecule has 100 valence electrons. The molecular formula is C16H12Cl2N2. The van der Waals surface area contributed by atoms with Gasteiger partial charge in [0.05, 0.1) is 33.0 Å². The molecule has 0 radical (unpaired) electrons. The van der Waals surface area contributed by atoms with Crippen molar-refractivity contribution in [1.29, 1.82) is 0 Å². The molecule has 0 aliphatic carbocycles. The van der Waals surface area contributed by atoms with Crippen LogP contribution in [-0.4, -0.2) is 9.97 Å².